The lowest BCUT2D eigenvalue weighted by atomic mass is 9.70. The zero-order chi connectivity index (χ0) is 45.6. The molecule has 8 rings (SSSR count). The number of hydrogen-bond acceptors (Lipinski definition) is 12. The maximum Gasteiger partial charge on any atom is 0.161 e. The molecule has 0 saturated heterocycles. The number of aliphatic imine (C=N–C) groups is 1. The molecule has 0 aromatic heterocycles. The molecule has 3 aromatic rings. The molecule has 5 aliphatic rings. The summed E-state index contributed by atoms with van der Waals surface area (Å²) in [6.07, 6.45) is 17.5. The van der Waals surface area contributed by atoms with Gasteiger partial charge < -0.3 is 41.7 Å². The molecule has 10 nitrogen and oxygen atoms in total. The lowest BCUT2D eigenvalue weighted by Crippen LogP contribution is -2.28. The summed E-state index contributed by atoms with van der Waals surface area (Å²) in [5.74, 6) is 8.45. The Kier molecular flexibility index (Phi) is 15.2. The number of nitrogens with zero attached hydrogens (tertiary/aromatic N) is 1. The van der Waals surface area contributed by atoms with Crippen LogP contribution in [0.1, 0.15) is 134 Å². The second-order valence-corrected chi connectivity index (χ2v) is 21.5. The molecule has 2 fully saturated rings. The van der Waals surface area contributed by atoms with Gasteiger partial charge in [0.2, 0.25) is 0 Å². The number of fused-ring (bicyclic) bond motifs is 9. The fraction of sp³-hybridized carbons (Fsp3) is 0.472. The van der Waals surface area contributed by atoms with Gasteiger partial charge in [0.15, 0.2) is 17.3 Å². The predicted octanol–water partition coefficient (Wildman–Crippen LogP) is 8.32. The third-order valence-electron chi connectivity index (χ3n) is 14.5. The molecule has 2 heterocycles. The average molecular weight is 917 g/mol. The molecule has 3 aromatic carbocycles. The molecule has 4 unspecified atom stereocenters. The van der Waals surface area contributed by atoms with Crippen molar-refractivity contribution in [3.63, 3.8) is 0 Å². The molecule has 0 radical (unpaired) electrons. The number of carbonyl (C=O) groups excluding carboxylic acids is 1. The van der Waals surface area contributed by atoms with Gasteiger partial charge in [-0.1, -0.05) is 76.6 Å². The van der Waals surface area contributed by atoms with E-state index in [4.69, 9.17) is 16.2 Å². The molecule has 8 bridgehead atoms. The third kappa shape index (κ3) is 11.4. The first kappa shape index (κ1) is 47.0. The summed E-state index contributed by atoms with van der Waals surface area (Å²) in [7, 11) is 3.59. The highest BCUT2D eigenvalue weighted by Crippen LogP contribution is 2.54. The Bertz CT molecular complexity index is 2430. The van der Waals surface area contributed by atoms with Crippen molar-refractivity contribution in [2.75, 3.05) is 19.0 Å². The van der Waals surface area contributed by atoms with Gasteiger partial charge in [0, 0.05) is 47.6 Å². The maximum atomic E-state index is 14.2. The van der Waals surface area contributed by atoms with E-state index in [1.54, 1.807) is 41.3 Å². The fourth-order valence-electron chi connectivity index (χ4n) is 10.8. The summed E-state index contributed by atoms with van der Waals surface area (Å²) in [6.45, 7) is 0.00776. The Hall–Kier alpha value is -4.48. The minimum absolute atomic E-state index is 0.00337. The first-order valence-electron chi connectivity index (χ1n) is 23.2. The number of phenols is 2. The van der Waals surface area contributed by atoms with E-state index in [2.05, 4.69) is 29.0 Å². The number of hydrogen-bond donors (Lipinski definition) is 6. The van der Waals surface area contributed by atoms with Crippen LogP contribution in [0.3, 0.4) is 0 Å². The maximum absolute atomic E-state index is 14.2. The number of rotatable bonds is 7. The largest absolute Gasteiger partial charge is 0.875 e. The molecule has 0 spiro atoms. The number of aryl methyl sites for hydroxylation is 1. The summed E-state index contributed by atoms with van der Waals surface area (Å²) >= 11 is 0. The Balaban J connectivity index is 1.13. The predicted molar refractivity (Wildman–Crippen MR) is 258 cm³/mol. The first-order valence-corrected chi connectivity index (χ1v) is 25.7. The van der Waals surface area contributed by atoms with Gasteiger partial charge in [-0.25, -0.2) is 0 Å². The number of ketones is 1. The standard InChI is InChI=1S/C53H63N3O7S2/c54-51(55)43-26-37-4-3-5-46-41(14-22-56-46)49(62)28-44-42(37)27-38(43)33-65-64-32-36-12-18-53(29-36,21-20-52(16-1-2-17-52)30-40(59)31-57)19-13-39(58)9-6-34-8-11-48(61)50(25-34)63-23-15-35-7-10-47(60)45(44)24-35/h7-8,10-11,13-14,19,22,24-27,36,40,44,51,57,59-62H,1-2,5-6,9,12,15-18,20-21,23,28-33,54-55H2/p-1. The molecular weight excluding hydrogens is 855 g/mol. The number of aromatic hydroxyl groups is 2. The number of aliphatic hydroxyl groups is 2. The number of aliphatic hydroxyl groups excluding tert-OH is 2. The van der Waals surface area contributed by atoms with Gasteiger partial charge in [-0.15, -0.1) is 5.76 Å². The molecule has 2 saturated carbocycles. The minimum atomic E-state index is -0.763. The Labute approximate surface area is 391 Å². The monoisotopic (exact) mass is 916 g/mol. The summed E-state index contributed by atoms with van der Waals surface area (Å²) in [5.41, 5.74) is 19.6. The molecule has 8 N–H and O–H groups in total. The van der Waals surface area contributed by atoms with Crippen LogP contribution < -0.4 is 21.3 Å². The molecule has 2 aliphatic heterocycles. The number of phenolic OH excluding ortho intramolecular Hbond substituents is 2. The quantitative estimate of drug-likeness (QED) is 0.0758. The van der Waals surface area contributed by atoms with Gasteiger partial charge in [0.05, 0.1) is 37.6 Å². The number of nitrogens with two attached hydrogens (primary N) is 2. The van der Waals surface area contributed by atoms with Gasteiger partial charge in [-0.2, -0.15) is 0 Å². The summed E-state index contributed by atoms with van der Waals surface area (Å²) in [6, 6.07) is 14.7. The van der Waals surface area contributed by atoms with E-state index in [-0.39, 0.29) is 53.5 Å². The van der Waals surface area contributed by atoms with Gasteiger partial charge in [-0.05, 0) is 151 Å². The van der Waals surface area contributed by atoms with E-state index in [0.717, 1.165) is 91.4 Å². The highest BCUT2D eigenvalue weighted by atomic mass is 33.1. The second kappa shape index (κ2) is 21.0. The smallest absolute Gasteiger partial charge is 0.161 e. The number of ether oxygens (including phenoxy) is 1. The summed E-state index contributed by atoms with van der Waals surface area (Å²) in [4.78, 5) is 18.0. The molecule has 12 heteroatoms. The van der Waals surface area contributed by atoms with Crippen LogP contribution in [0.25, 0.3) is 0 Å². The highest BCUT2D eigenvalue weighted by Gasteiger charge is 2.42. The minimum Gasteiger partial charge on any atom is -0.875 e. The van der Waals surface area contributed by atoms with Crippen LogP contribution in [0.2, 0.25) is 0 Å². The van der Waals surface area contributed by atoms with Gasteiger partial charge in [0.25, 0.3) is 0 Å². The Morgan fingerprint density at radius 2 is 1.74 bits per heavy atom. The number of allylic oxidation sites excluding steroid dienone is 5. The van der Waals surface area contributed by atoms with Gasteiger partial charge in [0.1, 0.15) is 5.75 Å². The molecule has 4 atom stereocenters. The summed E-state index contributed by atoms with van der Waals surface area (Å²) < 4.78 is 6.16. The van der Waals surface area contributed by atoms with Crippen molar-refractivity contribution in [2.45, 2.75) is 120 Å². The van der Waals surface area contributed by atoms with Crippen LogP contribution in [-0.4, -0.2) is 57.0 Å². The molecule has 344 valence electrons. The lowest BCUT2D eigenvalue weighted by molar-refractivity contribution is -0.307. The van der Waals surface area contributed by atoms with Crippen LogP contribution in [-0.2, 0) is 23.4 Å². The number of benzene rings is 3. The van der Waals surface area contributed by atoms with Gasteiger partial charge >= 0.3 is 0 Å². The topological polar surface area (TPSA) is 195 Å². The van der Waals surface area contributed by atoms with Crippen molar-refractivity contribution >= 4 is 33.1 Å². The van der Waals surface area contributed by atoms with E-state index < -0.39 is 18.2 Å². The van der Waals surface area contributed by atoms with Crippen molar-refractivity contribution in [1.29, 1.82) is 0 Å². The normalized spacial score (nSPS) is 24.0. The lowest BCUT2D eigenvalue weighted by Gasteiger charge is -2.35. The summed E-state index contributed by atoms with van der Waals surface area (Å²) in [5, 5.41) is 56.8. The van der Waals surface area contributed by atoms with Crippen LogP contribution in [0, 0.1) is 28.6 Å². The zero-order valence-corrected chi connectivity index (χ0v) is 38.7. The average Bonchev–Trinajstić information content (AvgIpc) is 4.07. The molecule has 0 amide bonds. The van der Waals surface area contributed by atoms with Crippen LogP contribution in [0.4, 0.5) is 0 Å². The third-order valence-corrected chi connectivity index (χ3v) is 16.9. The van der Waals surface area contributed by atoms with Crippen molar-refractivity contribution < 1.29 is 35.1 Å². The van der Waals surface area contributed by atoms with E-state index in [9.17, 15) is 30.3 Å². The van der Waals surface area contributed by atoms with Crippen molar-refractivity contribution in [2.24, 2.45) is 33.2 Å². The zero-order valence-electron chi connectivity index (χ0n) is 37.1. The SMILES string of the molecule is NC(N)c1cc2c3cc1CSSCC1CCC(CCC4(CC(O)CO)CCCC4)(C=CC(=O)CCc4ccc(O)c(c4)OCCc4ccc(O)c(c4)C3CC([O-])=C3C=CN=C3CC#C2)C1. The number of carbonyl (C=O) groups is 1. The molecular formula is C53H62N3O7S2-. The first-order chi connectivity index (χ1) is 31.4. The van der Waals surface area contributed by atoms with E-state index >= 15 is 0 Å². The van der Waals surface area contributed by atoms with Crippen LogP contribution in [0.5, 0.6) is 17.2 Å². The Morgan fingerprint density at radius 3 is 2.54 bits per heavy atom. The molecule has 65 heavy (non-hydrogen) atoms. The van der Waals surface area contributed by atoms with E-state index in [1.807, 2.05) is 41.1 Å². The van der Waals surface area contributed by atoms with Crippen LogP contribution >= 0.6 is 21.6 Å². The Morgan fingerprint density at radius 1 is 0.938 bits per heavy atom. The van der Waals surface area contributed by atoms with Gasteiger partial charge in [-0.3, -0.25) is 9.79 Å². The molecule has 3 aliphatic carbocycles. The second-order valence-electron chi connectivity index (χ2n) is 19.0. The van der Waals surface area contributed by atoms with E-state index in [0.29, 0.717) is 71.9 Å². The van der Waals surface area contributed by atoms with E-state index in [1.165, 1.54) is 0 Å². The van der Waals surface area contributed by atoms with Crippen molar-refractivity contribution in [3.8, 4) is 29.1 Å². The van der Waals surface area contributed by atoms with Crippen LogP contribution in [0.15, 0.2) is 89.3 Å². The van der Waals surface area contributed by atoms with Crippen molar-refractivity contribution in [1.82, 2.24) is 0 Å². The highest BCUT2D eigenvalue weighted by molar-refractivity contribution is 8.76. The fourth-order valence-corrected chi connectivity index (χ4v) is 13.4. The van der Waals surface area contributed by atoms with Crippen molar-refractivity contribution in [3.05, 3.63) is 123 Å².